The van der Waals surface area contributed by atoms with Gasteiger partial charge in [0.25, 0.3) is 0 Å². The van der Waals surface area contributed by atoms with Crippen LogP contribution in [-0.2, 0) is 6.54 Å². The molecule has 0 spiro atoms. The van der Waals surface area contributed by atoms with Crippen molar-refractivity contribution < 1.29 is 9.50 Å². The van der Waals surface area contributed by atoms with Crippen LogP contribution < -0.4 is 5.32 Å². The summed E-state index contributed by atoms with van der Waals surface area (Å²) in [5.41, 5.74) is 0.645. The summed E-state index contributed by atoms with van der Waals surface area (Å²) in [6.07, 6.45) is 6.32. The number of halogens is 1. The second-order valence-corrected chi connectivity index (χ2v) is 5.38. The molecule has 2 unspecified atom stereocenters. The molecule has 0 aliphatic heterocycles. The van der Waals surface area contributed by atoms with Crippen molar-refractivity contribution in [3.8, 4) is 5.75 Å². The maximum atomic E-state index is 13.1. The van der Waals surface area contributed by atoms with Crippen LogP contribution in [0, 0.1) is 11.7 Å². The zero-order valence-electron chi connectivity index (χ0n) is 11.0. The van der Waals surface area contributed by atoms with Gasteiger partial charge in [0.1, 0.15) is 11.6 Å². The van der Waals surface area contributed by atoms with Gasteiger partial charge in [0.2, 0.25) is 0 Å². The molecule has 2 nitrogen and oxygen atoms in total. The third kappa shape index (κ3) is 3.45. The number of hydrogen-bond acceptors (Lipinski definition) is 2. The van der Waals surface area contributed by atoms with Gasteiger partial charge in [-0.1, -0.05) is 26.2 Å². The van der Waals surface area contributed by atoms with Crippen LogP contribution in [-0.4, -0.2) is 11.1 Å². The molecule has 1 aromatic rings. The minimum Gasteiger partial charge on any atom is -0.508 e. The lowest BCUT2D eigenvalue weighted by Gasteiger charge is -2.23. The van der Waals surface area contributed by atoms with Crippen LogP contribution in [0.2, 0.25) is 0 Å². The highest BCUT2D eigenvalue weighted by Gasteiger charge is 2.19. The average molecular weight is 251 g/mol. The van der Waals surface area contributed by atoms with Crippen LogP contribution in [0.15, 0.2) is 18.2 Å². The van der Waals surface area contributed by atoms with Gasteiger partial charge in [-0.25, -0.2) is 4.39 Å². The summed E-state index contributed by atoms with van der Waals surface area (Å²) in [7, 11) is 0. The number of phenolic OH excluding ortho intramolecular Hbond substituents is 1. The first-order chi connectivity index (χ1) is 8.66. The van der Waals surface area contributed by atoms with Gasteiger partial charge in [0, 0.05) is 18.2 Å². The van der Waals surface area contributed by atoms with E-state index in [0.29, 0.717) is 24.1 Å². The van der Waals surface area contributed by atoms with Crippen molar-refractivity contribution in [3.63, 3.8) is 0 Å². The lowest BCUT2D eigenvalue weighted by atomic mass is 9.97. The molecule has 2 N–H and O–H groups in total. The fraction of sp³-hybridized carbons (Fsp3) is 0.600. The van der Waals surface area contributed by atoms with E-state index >= 15 is 0 Å². The second-order valence-electron chi connectivity index (χ2n) is 5.38. The summed E-state index contributed by atoms with van der Waals surface area (Å²) in [6, 6.07) is 4.59. The fourth-order valence-electron chi connectivity index (χ4n) is 2.73. The summed E-state index contributed by atoms with van der Waals surface area (Å²) in [5, 5.41) is 13.1. The Morgan fingerprint density at radius 2 is 2.06 bits per heavy atom. The standard InChI is InChI=1S/C15H22FNO/c1-11-5-3-2-4-6-14(11)17-10-12-9-13(16)7-8-15(12)18/h7-9,11,14,17-18H,2-6,10H2,1H3. The lowest BCUT2D eigenvalue weighted by Crippen LogP contribution is -2.33. The van der Waals surface area contributed by atoms with E-state index < -0.39 is 0 Å². The minimum atomic E-state index is -0.293. The lowest BCUT2D eigenvalue weighted by molar-refractivity contribution is 0.352. The summed E-state index contributed by atoms with van der Waals surface area (Å²) in [6.45, 7) is 2.81. The highest BCUT2D eigenvalue weighted by Crippen LogP contribution is 2.24. The van der Waals surface area contributed by atoms with Crippen LogP contribution >= 0.6 is 0 Å². The first-order valence-electron chi connectivity index (χ1n) is 6.87. The molecule has 1 aromatic carbocycles. The van der Waals surface area contributed by atoms with E-state index in [1.54, 1.807) is 0 Å². The van der Waals surface area contributed by atoms with Crippen LogP contribution in [0.3, 0.4) is 0 Å². The first-order valence-corrected chi connectivity index (χ1v) is 6.87. The molecule has 2 atom stereocenters. The van der Waals surface area contributed by atoms with E-state index in [-0.39, 0.29) is 11.6 Å². The Morgan fingerprint density at radius 1 is 1.28 bits per heavy atom. The van der Waals surface area contributed by atoms with Gasteiger partial charge < -0.3 is 10.4 Å². The van der Waals surface area contributed by atoms with Crippen LogP contribution in [0.5, 0.6) is 5.75 Å². The Bertz CT molecular complexity index is 394. The molecule has 0 saturated heterocycles. The summed E-state index contributed by atoms with van der Waals surface area (Å²) >= 11 is 0. The summed E-state index contributed by atoms with van der Waals surface area (Å²) in [5.74, 6) is 0.534. The van der Waals surface area contributed by atoms with E-state index in [4.69, 9.17) is 0 Å². The van der Waals surface area contributed by atoms with E-state index in [1.807, 2.05) is 0 Å². The normalized spacial score (nSPS) is 24.8. The molecule has 18 heavy (non-hydrogen) atoms. The molecule has 0 radical (unpaired) electrons. The van der Waals surface area contributed by atoms with Crippen molar-refractivity contribution in [1.82, 2.24) is 5.32 Å². The Balaban J connectivity index is 1.95. The zero-order chi connectivity index (χ0) is 13.0. The monoisotopic (exact) mass is 251 g/mol. The zero-order valence-corrected chi connectivity index (χ0v) is 11.0. The van der Waals surface area contributed by atoms with Crippen molar-refractivity contribution in [3.05, 3.63) is 29.6 Å². The summed E-state index contributed by atoms with van der Waals surface area (Å²) < 4.78 is 13.1. The van der Waals surface area contributed by atoms with E-state index in [9.17, 15) is 9.50 Å². The summed E-state index contributed by atoms with van der Waals surface area (Å²) in [4.78, 5) is 0. The topological polar surface area (TPSA) is 32.3 Å². The number of rotatable bonds is 3. The van der Waals surface area contributed by atoms with Gasteiger partial charge in [0.15, 0.2) is 0 Å². The molecule has 1 aliphatic rings. The van der Waals surface area contributed by atoms with Gasteiger partial charge in [-0.15, -0.1) is 0 Å². The second kappa shape index (κ2) is 6.19. The third-order valence-corrected chi connectivity index (χ3v) is 3.96. The molecular formula is C15H22FNO. The third-order valence-electron chi connectivity index (χ3n) is 3.96. The fourth-order valence-corrected chi connectivity index (χ4v) is 2.73. The van der Waals surface area contributed by atoms with E-state index in [1.165, 1.54) is 50.3 Å². The molecule has 3 heteroatoms. The van der Waals surface area contributed by atoms with E-state index in [2.05, 4.69) is 12.2 Å². The van der Waals surface area contributed by atoms with Gasteiger partial charge in [-0.3, -0.25) is 0 Å². The van der Waals surface area contributed by atoms with Gasteiger partial charge in [-0.2, -0.15) is 0 Å². The Hall–Kier alpha value is -1.09. The van der Waals surface area contributed by atoms with Crippen molar-refractivity contribution >= 4 is 0 Å². The predicted molar refractivity (Wildman–Crippen MR) is 70.9 cm³/mol. The van der Waals surface area contributed by atoms with Crippen molar-refractivity contribution in [2.75, 3.05) is 0 Å². The van der Waals surface area contributed by atoms with Crippen LogP contribution in [0.4, 0.5) is 4.39 Å². The Morgan fingerprint density at radius 3 is 2.89 bits per heavy atom. The number of phenols is 1. The molecule has 1 aliphatic carbocycles. The maximum Gasteiger partial charge on any atom is 0.123 e. The number of hydrogen-bond donors (Lipinski definition) is 2. The molecule has 0 aromatic heterocycles. The Kier molecular flexibility index (Phi) is 4.59. The maximum absolute atomic E-state index is 13.1. The van der Waals surface area contributed by atoms with Crippen molar-refractivity contribution in [2.24, 2.45) is 5.92 Å². The van der Waals surface area contributed by atoms with Gasteiger partial charge in [0.05, 0.1) is 0 Å². The van der Waals surface area contributed by atoms with Crippen molar-refractivity contribution in [1.29, 1.82) is 0 Å². The molecule has 2 rings (SSSR count). The predicted octanol–water partition coefficient (Wildman–Crippen LogP) is 3.59. The number of benzene rings is 1. The van der Waals surface area contributed by atoms with E-state index in [0.717, 1.165) is 0 Å². The average Bonchev–Trinajstić information content (AvgIpc) is 2.55. The molecule has 0 bridgehead atoms. The molecule has 100 valence electrons. The quantitative estimate of drug-likeness (QED) is 0.805. The van der Waals surface area contributed by atoms with Gasteiger partial charge in [-0.05, 0) is 37.0 Å². The molecule has 0 heterocycles. The highest BCUT2D eigenvalue weighted by molar-refractivity contribution is 5.32. The smallest absolute Gasteiger partial charge is 0.123 e. The number of nitrogens with one attached hydrogen (secondary N) is 1. The first kappa shape index (κ1) is 13.3. The molecular weight excluding hydrogens is 229 g/mol. The SMILES string of the molecule is CC1CCCCCC1NCc1cc(F)ccc1O. The number of aromatic hydroxyl groups is 1. The van der Waals surface area contributed by atoms with Crippen molar-refractivity contribution in [2.45, 2.75) is 51.6 Å². The largest absolute Gasteiger partial charge is 0.508 e. The van der Waals surface area contributed by atoms with Crippen LogP contribution in [0.25, 0.3) is 0 Å². The molecule has 0 amide bonds. The molecule has 1 saturated carbocycles. The Labute approximate surface area is 108 Å². The highest BCUT2D eigenvalue weighted by atomic mass is 19.1. The molecule has 1 fully saturated rings. The van der Waals surface area contributed by atoms with Crippen LogP contribution in [0.1, 0.15) is 44.6 Å². The van der Waals surface area contributed by atoms with Gasteiger partial charge >= 0.3 is 0 Å². The minimum absolute atomic E-state index is 0.171.